The van der Waals surface area contributed by atoms with Gasteiger partial charge in [0.1, 0.15) is 12.1 Å². The number of ether oxygens (including phenoxy) is 1. The Balaban J connectivity index is 2.15. The summed E-state index contributed by atoms with van der Waals surface area (Å²) in [5.74, 6) is 0.712. The summed E-state index contributed by atoms with van der Waals surface area (Å²) in [4.78, 5) is 16.3. The van der Waals surface area contributed by atoms with Gasteiger partial charge in [0.25, 0.3) is 0 Å². The zero-order valence-corrected chi connectivity index (χ0v) is 11.4. The highest BCUT2D eigenvalue weighted by atomic mass is 35.5. The summed E-state index contributed by atoms with van der Waals surface area (Å²) < 4.78 is 5.16. The number of rotatable bonds is 5. The number of anilines is 1. The monoisotopic (exact) mass is 279 g/mol. The topological polar surface area (TPSA) is 72.8 Å². The molecule has 0 aliphatic rings. The van der Waals surface area contributed by atoms with Crippen molar-refractivity contribution < 1.29 is 4.74 Å². The first kappa shape index (κ1) is 13.6. The third-order valence-corrected chi connectivity index (χ3v) is 2.71. The molecule has 2 aromatic heterocycles. The highest BCUT2D eigenvalue weighted by molar-refractivity contribution is 6.28. The van der Waals surface area contributed by atoms with E-state index < -0.39 is 0 Å². The van der Waals surface area contributed by atoms with Crippen molar-refractivity contribution in [1.82, 2.24) is 19.9 Å². The Bertz CT molecular complexity index is 551. The number of aromatic nitrogens is 4. The molecule has 7 heteroatoms. The van der Waals surface area contributed by atoms with Gasteiger partial charge >= 0.3 is 0 Å². The molecule has 100 valence electrons. The molecule has 2 aromatic rings. The van der Waals surface area contributed by atoms with Gasteiger partial charge < -0.3 is 10.1 Å². The molecular formula is C12H14ClN5O. The van der Waals surface area contributed by atoms with Crippen LogP contribution in [0.15, 0.2) is 24.7 Å². The molecule has 2 rings (SSSR count). The lowest BCUT2D eigenvalue weighted by atomic mass is 10.3. The molecule has 6 nitrogen and oxygen atoms in total. The minimum atomic E-state index is 0.104. The third-order valence-electron chi connectivity index (χ3n) is 2.53. The van der Waals surface area contributed by atoms with Crippen molar-refractivity contribution in [3.63, 3.8) is 0 Å². The summed E-state index contributed by atoms with van der Waals surface area (Å²) in [6.45, 7) is 2.64. The summed E-state index contributed by atoms with van der Waals surface area (Å²) >= 11 is 5.76. The second kappa shape index (κ2) is 6.40. The maximum atomic E-state index is 5.76. The Morgan fingerprint density at radius 1 is 1.32 bits per heavy atom. The van der Waals surface area contributed by atoms with Crippen LogP contribution in [0.2, 0.25) is 5.28 Å². The van der Waals surface area contributed by atoms with Gasteiger partial charge in [-0.2, -0.15) is 0 Å². The van der Waals surface area contributed by atoms with E-state index in [1.165, 1.54) is 6.33 Å². The predicted molar refractivity (Wildman–Crippen MR) is 73.0 cm³/mol. The molecule has 0 bridgehead atoms. The van der Waals surface area contributed by atoms with E-state index >= 15 is 0 Å². The number of halogens is 1. The molecule has 1 N–H and O–H groups in total. The maximum Gasteiger partial charge on any atom is 0.222 e. The van der Waals surface area contributed by atoms with Gasteiger partial charge in [0, 0.05) is 25.9 Å². The molecule has 19 heavy (non-hydrogen) atoms. The minimum Gasteiger partial charge on any atom is -0.380 e. The summed E-state index contributed by atoms with van der Waals surface area (Å²) in [6.07, 6.45) is 3.17. The Morgan fingerprint density at radius 3 is 2.89 bits per heavy atom. The molecule has 1 atom stereocenters. The smallest absolute Gasteiger partial charge is 0.222 e. The molecule has 2 heterocycles. The zero-order chi connectivity index (χ0) is 13.7. The normalized spacial score (nSPS) is 12.2. The van der Waals surface area contributed by atoms with Crippen LogP contribution in [0.3, 0.4) is 0 Å². The van der Waals surface area contributed by atoms with Crippen LogP contribution in [0.5, 0.6) is 0 Å². The summed E-state index contributed by atoms with van der Waals surface area (Å²) in [6, 6.07) is 3.55. The van der Waals surface area contributed by atoms with Crippen molar-refractivity contribution in [2.24, 2.45) is 0 Å². The first-order valence-corrected chi connectivity index (χ1v) is 6.14. The number of nitrogens with zero attached hydrogens (tertiary/aromatic N) is 4. The second-order valence-corrected chi connectivity index (χ2v) is 4.26. The molecule has 0 saturated heterocycles. The minimum absolute atomic E-state index is 0.104. The highest BCUT2D eigenvalue weighted by Gasteiger charge is 2.05. The van der Waals surface area contributed by atoms with Crippen molar-refractivity contribution in [2.75, 3.05) is 19.0 Å². The van der Waals surface area contributed by atoms with Gasteiger partial charge in [-0.25, -0.2) is 19.9 Å². The Hall–Kier alpha value is -1.79. The van der Waals surface area contributed by atoms with E-state index in [4.69, 9.17) is 16.3 Å². The van der Waals surface area contributed by atoms with Crippen LogP contribution in [-0.2, 0) is 4.74 Å². The van der Waals surface area contributed by atoms with Gasteiger partial charge in [0.15, 0.2) is 0 Å². The quantitative estimate of drug-likeness (QED) is 0.845. The van der Waals surface area contributed by atoms with Crippen molar-refractivity contribution in [3.8, 4) is 11.4 Å². The Morgan fingerprint density at radius 2 is 2.16 bits per heavy atom. The zero-order valence-electron chi connectivity index (χ0n) is 10.7. The van der Waals surface area contributed by atoms with Crippen LogP contribution in [0.25, 0.3) is 11.4 Å². The van der Waals surface area contributed by atoms with Gasteiger partial charge in [0.2, 0.25) is 5.28 Å². The standard InChI is InChI=1S/C12H14ClN5O/c1-8(19-2)6-15-11-5-10(16-7-17-11)9-3-4-14-12(13)18-9/h3-5,7-8H,6H2,1-2H3,(H,15,16,17). The Labute approximate surface area is 116 Å². The van der Waals surface area contributed by atoms with Crippen LogP contribution in [0.1, 0.15) is 6.92 Å². The lowest BCUT2D eigenvalue weighted by molar-refractivity contribution is 0.128. The van der Waals surface area contributed by atoms with E-state index in [9.17, 15) is 0 Å². The number of hydrogen-bond acceptors (Lipinski definition) is 6. The van der Waals surface area contributed by atoms with Crippen LogP contribution >= 0.6 is 11.6 Å². The van der Waals surface area contributed by atoms with Crippen LogP contribution < -0.4 is 5.32 Å². The van der Waals surface area contributed by atoms with Gasteiger partial charge in [0.05, 0.1) is 17.5 Å². The molecular weight excluding hydrogens is 266 g/mol. The van der Waals surface area contributed by atoms with Gasteiger partial charge in [-0.05, 0) is 24.6 Å². The van der Waals surface area contributed by atoms with E-state index in [0.717, 1.165) is 0 Å². The van der Waals surface area contributed by atoms with Crippen LogP contribution in [0.4, 0.5) is 5.82 Å². The lowest BCUT2D eigenvalue weighted by Crippen LogP contribution is -2.18. The van der Waals surface area contributed by atoms with E-state index in [2.05, 4.69) is 25.3 Å². The number of nitrogens with one attached hydrogen (secondary N) is 1. The number of methoxy groups -OCH3 is 1. The first-order chi connectivity index (χ1) is 9.19. The molecule has 0 aromatic carbocycles. The molecule has 1 unspecified atom stereocenters. The molecule has 0 aliphatic heterocycles. The third kappa shape index (κ3) is 3.84. The second-order valence-electron chi connectivity index (χ2n) is 3.93. The fourth-order valence-corrected chi connectivity index (χ4v) is 1.55. The van der Waals surface area contributed by atoms with E-state index in [0.29, 0.717) is 23.8 Å². The molecule has 0 amide bonds. The first-order valence-electron chi connectivity index (χ1n) is 5.76. The average Bonchev–Trinajstić information content (AvgIpc) is 2.45. The fourth-order valence-electron chi connectivity index (χ4n) is 1.40. The summed E-state index contributed by atoms with van der Waals surface area (Å²) in [7, 11) is 1.67. The van der Waals surface area contributed by atoms with Gasteiger partial charge in [-0.1, -0.05) is 0 Å². The molecule has 0 spiro atoms. The number of hydrogen-bond donors (Lipinski definition) is 1. The Kier molecular flexibility index (Phi) is 4.59. The molecule has 0 fully saturated rings. The van der Waals surface area contributed by atoms with Crippen LogP contribution in [0, 0.1) is 0 Å². The SMILES string of the molecule is COC(C)CNc1cc(-c2ccnc(Cl)n2)ncn1. The van der Waals surface area contributed by atoms with Gasteiger partial charge in [-0.15, -0.1) is 0 Å². The average molecular weight is 280 g/mol. The van der Waals surface area contributed by atoms with Crippen molar-refractivity contribution in [2.45, 2.75) is 13.0 Å². The van der Waals surface area contributed by atoms with E-state index in [-0.39, 0.29) is 11.4 Å². The van der Waals surface area contributed by atoms with Gasteiger partial charge in [-0.3, -0.25) is 0 Å². The lowest BCUT2D eigenvalue weighted by Gasteiger charge is -2.11. The fraction of sp³-hybridized carbons (Fsp3) is 0.333. The molecule has 0 aliphatic carbocycles. The molecule has 0 radical (unpaired) electrons. The molecule has 0 saturated carbocycles. The summed E-state index contributed by atoms with van der Waals surface area (Å²) in [5.41, 5.74) is 1.34. The van der Waals surface area contributed by atoms with Crippen molar-refractivity contribution in [3.05, 3.63) is 29.9 Å². The summed E-state index contributed by atoms with van der Waals surface area (Å²) in [5, 5.41) is 3.36. The largest absolute Gasteiger partial charge is 0.380 e. The van der Waals surface area contributed by atoms with Crippen LogP contribution in [-0.4, -0.2) is 39.7 Å². The van der Waals surface area contributed by atoms with E-state index in [1.54, 1.807) is 25.4 Å². The maximum absolute atomic E-state index is 5.76. The highest BCUT2D eigenvalue weighted by Crippen LogP contribution is 2.17. The predicted octanol–water partition coefficient (Wildman–Crippen LogP) is 2.03. The van der Waals surface area contributed by atoms with Crippen molar-refractivity contribution in [1.29, 1.82) is 0 Å². The van der Waals surface area contributed by atoms with Crippen molar-refractivity contribution >= 4 is 17.4 Å². The van der Waals surface area contributed by atoms with E-state index in [1.807, 2.05) is 6.92 Å².